The minimum Gasteiger partial charge on any atom is -0.380 e. The molecule has 1 aromatic rings. The van der Waals surface area contributed by atoms with Crippen LogP contribution in [0.25, 0.3) is 0 Å². The van der Waals surface area contributed by atoms with Crippen molar-refractivity contribution in [2.75, 3.05) is 5.32 Å². The number of nitrogens with one attached hydrogen (secondary N) is 1. The fourth-order valence-corrected chi connectivity index (χ4v) is 2.54. The van der Waals surface area contributed by atoms with Crippen molar-refractivity contribution in [1.29, 1.82) is 0 Å². The number of aromatic nitrogens is 2. The van der Waals surface area contributed by atoms with E-state index >= 15 is 0 Å². The van der Waals surface area contributed by atoms with Gasteiger partial charge in [-0.15, -0.1) is 0 Å². The maximum atomic E-state index is 4.46. The van der Waals surface area contributed by atoms with Crippen molar-refractivity contribution in [3.05, 3.63) is 11.9 Å². The first-order valence-corrected chi connectivity index (χ1v) is 6.48. The topological polar surface area (TPSA) is 29.9 Å². The lowest BCUT2D eigenvalue weighted by atomic mass is 9.87. The molecule has 3 heteroatoms. The van der Waals surface area contributed by atoms with Crippen LogP contribution in [0.3, 0.4) is 0 Å². The summed E-state index contributed by atoms with van der Waals surface area (Å²) in [6.45, 7) is 4.52. The normalized spacial score (nSPS) is 25.7. The van der Waals surface area contributed by atoms with Crippen LogP contribution in [-0.4, -0.2) is 15.8 Å². The fourth-order valence-electron chi connectivity index (χ4n) is 2.54. The molecule has 1 fully saturated rings. The molecule has 1 heterocycles. The van der Waals surface area contributed by atoms with Gasteiger partial charge in [0.15, 0.2) is 0 Å². The Bertz CT molecular complexity index is 335. The van der Waals surface area contributed by atoms with Gasteiger partial charge in [0.1, 0.15) is 0 Å². The Labute approximate surface area is 98.2 Å². The Morgan fingerprint density at radius 1 is 1.38 bits per heavy atom. The van der Waals surface area contributed by atoms with E-state index in [9.17, 15) is 0 Å². The summed E-state index contributed by atoms with van der Waals surface area (Å²) >= 11 is 0. The fraction of sp³-hybridized carbons (Fsp3) is 0.769. The quantitative estimate of drug-likeness (QED) is 0.850. The summed E-state index contributed by atoms with van der Waals surface area (Å²) in [6, 6.07) is 0.658. The summed E-state index contributed by atoms with van der Waals surface area (Å²) in [5, 5.41) is 8.12. The zero-order chi connectivity index (χ0) is 11.5. The molecule has 0 bridgehead atoms. The first-order valence-electron chi connectivity index (χ1n) is 6.48. The molecular formula is C13H23N3. The van der Waals surface area contributed by atoms with Gasteiger partial charge < -0.3 is 5.32 Å². The first kappa shape index (κ1) is 11.5. The van der Waals surface area contributed by atoms with Crippen LogP contribution in [-0.2, 0) is 13.5 Å². The molecule has 16 heavy (non-hydrogen) atoms. The number of nitrogens with zero attached hydrogens (tertiary/aromatic N) is 2. The van der Waals surface area contributed by atoms with Gasteiger partial charge in [-0.25, -0.2) is 0 Å². The van der Waals surface area contributed by atoms with Crippen LogP contribution < -0.4 is 5.32 Å². The molecule has 0 unspecified atom stereocenters. The highest BCUT2D eigenvalue weighted by atomic mass is 15.3. The van der Waals surface area contributed by atoms with E-state index in [4.69, 9.17) is 0 Å². The van der Waals surface area contributed by atoms with Crippen LogP contribution in [0, 0.1) is 5.92 Å². The van der Waals surface area contributed by atoms with E-state index in [0.29, 0.717) is 6.04 Å². The average Bonchev–Trinajstić information content (AvgIpc) is 2.62. The zero-order valence-corrected chi connectivity index (χ0v) is 10.7. The van der Waals surface area contributed by atoms with Gasteiger partial charge in [0.05, 0.1) is 11.4 Å². The van der Waals surface area contributed by atoms with Gasteiger partial charge in [-0.3, -0.25) is 4.68 Å². The molecule has 0 atom stereocenters. The zero-order valence-electron chi connectivity index (χ0n) is 10.7. The predicted octanol–water partition coefficient (Wildman–Crippen LogP) is 2.97. The number of hydrogen-bond donors (Lipinski definition) is 1. The summed E-state index contributed by atoms with van der Waals surface area (Å²) < 4.78 is 1.91. The molecule has 0 aliphatic heterocycles. The predicted molar refractivity (Wildman–Crippen MR) is 67.6 cm³/mol. The minimum atomic E-state index is 0.658. The van der Waals surface area contributed by atoms with Gasteiger partial charge >= 0.3 is 0 Å². The number of rotatable bonds is 3. The molecule has 0 spiro atoms. The van der Waals surface area contributed by atoms with Crippen LogP contribution in [0.15, 0.2) is 6.20 Å². The van der Waals surface area contributed by atoms with Crippen LogP contribution in [0.1, 0.15) is 45.2 Å². The van der Waals surface area contributed by atoms with Crippen LogP contribution >= 0.6 is 0 Å². The highest BCUT2D eigenvalue weighted by Gasteiger charge is 2.19. The molecule has 90 valence electrons. The Hall–Kier alpha value is -0.990. The van der Waals surface area contributed by atoms with E-state index in [0.717, 1.165) is 12.3 Å². The lowest BCUT2D eigenvalue weighted by Crippen LogP contribution is -2.25. The van der Waals surface area contributed by atoms with Gasteiger partial charge in [0.2, 0.25) is 0 Å². The van der Waals surface area contributed by atoms with E-state index in [2.05, 4.69) is 30.5 Å². The van der Waals surface area contributed by atoms with Gasteiger partial charge in [0.25, 0.3) is 0 Å². The van der Waals surface area contributed by atoms with Crippen LogP contribution in [0.4, 0.5) is 5.69 Å². The van der Waals surface area contributed by atoms with Gasteiger partial charge in [0, 0.05) is 19.3 Å². The largest absolute Gasteiger partial charge is 0.380 e. The molecule has 0 amide bonds. The maximum absolute atomic E-state index is 4.46. The second-order valence-electron chi connectivity index (χ2n) is 5.12. The number of hydrogen-bond acceptors (Lipinski definition) is 2. The molecule has 3 nitrogen and oxygen atoms in total. The third-order valence-corrected chi connectivity index (χ3v) is 3.62. The first-order chi connectivity index (χ1) is 7.69. The van der Waals surface area contributed by atoms with Crippen molar-refractivity contribution in [1.82, 2.24) is 9.78 Å². The van der Waals surface area contributed by atoms with Crippen molar-refractivity contribution in [3.8, 4) is 0 Å². The Balaban J connectivity index is 1.97. The van der Waals surface area contributed by atoms with Crippen molar-refractivity contribution in [2.24, 2.45) is 13.0 Å². The van der Waals surface area contributed by atoms with E-state index < -0.39 is 0 Å². The van der Waals surface area contributed by atoms with E-state index in [-0.39, 0.29) is 0 Å². The van der Waals surface area contributed by atoms with Crippen LogP contribution in [0.5, 0.6) is 0 Å². The molecule has 0 radical (unpaired) electrons. The Morgan fingerprint density at radius 2 is 2.06 bits per heavy atom. The standard InChI is InChI=1S/C13H23N3/c1-4-12-13(9-16(3)15-12)14-11-7-5-10(2)6-8-11/h9-11,14H,4-8H2,1-3H3. The van der Waals surface area contributed by atoms with Crippen LogP contribution in [0.2, 0.25) is 0 Å². The lowest BCUT2D eigenvalue weighted by molar-refractivity contribution is 0.361. The molecule has 1 aliphatic carbocycles. The number of anilines is 1. The summed E-state index contributed by atoms with van der Waals surface area (Å²) in [4.78, 5) is 0. The van der Waals surface area contributed by atoms with E-state index in [1.165, 1.54) is 37.1 Å². The lowest BCUT2D eigenvalue weighted by Gasteiger charge is -2.27. The smallest absolute Gasteiger partial charge is 0.0853 e. The summed E-state index contributed by atoms with van der Waals surface area (Å²) in [5.41, 5.74) is 2.44. The third kappa shape index (κ3) is 2.57. The van der Waals surface area contributed by atoms with Gasteiger partial charge in [-0.05, 0) is 38.0 Å². The molecule has 0 saturated heterocycles. The highest BCUT2D eigenvalue weighted by molar-refractivity contribution is 5.47. The summed E-state index contributed by atoms with van der Waals surface area (Å²) in [5.74, 6) is 0.914. The van der Waals surface area contributed by atoms with Crippen molar-refractivity contribution < 1.29 is 0 Å². The molecule has 1 aromatic heterocycles. The van der Waals surface area contributed by atoms with Crippen molar-refractivity contribution >= 4 is 5.69 Å². The molecule has 2 rings (SSSR count). The molecule has 1 saturated carbocycles. The monoisotopic (exact) mass is 221 g/mol. The molecular weight excluding hydrogens is 198 g/mol. The molecule has 0 aromatic carbocycles. The number of aryl methyl sites for hydroxylation is 2. The van der Waals surface area contributed by atoms with E-state index in [1.807, 2.05) is 11.7 Å². The molecule has 1 aliphatic rings. The van der Waals surface area contributed by atoms with Gasteiger partial charge in [-0.1, -0.05) is 13.8 Å². The Kier molecular flexibility index (Phi) is 3.52. The summed E-state index contributed by atoms with van der Waals surface area (Å²) in [6.07, 6.45) is 8.44. The summed E-state index contributed by atoms with van der Waals surface area (Å²) in [7, 11) is 1.99. The third-order valence-electron chi connectivity index (χ3n) is 3.62. The second-order valence-corrected chi connectivity index (χ2v) is 5.12. The van der Waals surface area contributed by atoms with Crippen molar-refractivity contribution in [2.45, 2.75) is 52.0 Å². The van der Waals surface area contributed by atoms with E-state index in [1.54, 1.807) is 0 Å². The maximum Gasteiger partial charge on any atom is 0.0853 e. The Morgan fingerprint density at radius 3 is 2.69 bits per heavy atom. The minimum absolute atomic E-state index is 0.658. The molecule has 1 N–H and O–H groups in total. The second kappa shape index (κ2) is 4.89. The van der Waals surface area contributed by atoms with Gasteiger partial charge in [-0.2, -0.15) is 5.10 Å². The van der Waals surface area contributed by atoms with Crippen molar-refractivity contribution in [3.63, 3.8) is 0 Å². The average molecular weight is 221 g/mol. The highest BCUT2D eigenvalue weighted by Crippen LogP contribution is 2.26. The SMILES string of the molecule is CCc1nn(C)cc1NC1CCC(C)CC1.